The van der Waals surface area contributed by atoms with Crippen LogP contribution < -0.4 is 10.2 Å². The Hall–Kier alpha value is -1.36. The summed E-state index contributed by atoms with van der Waals surface area (Å²) in [5.74, 6) is 1.72. The Bertz CT molecular complexity index is 397. The number of hydrogen-bond donors (Lipinski definition) is 1. The summed E-state index contributed by atoms with van der Waals surface area (Å²) < 4.78 is 5.55. The van der Waals surface area contributed by atoms with E-state index in [9.17, 15) is 0 Å². The van der Waals surface area contributed by atoms with Crippen LogP contribution in [0.15, 0.2) is 6.07 Å². The molecule has 2 heterocycles. The minimum Gasteiger partial charge on any atom is -0.375 e. The minimum absolute atomic E-state index is 0.265. The van der Waals surface area contributed by atoms with Gasteiger partial charge in [-0.15, -0.1) is 0 Å². The summed E-state index contributed by atoms with van der Waals surface area (Å²) in [4.78, 5) is 11.2. The summed E-state index contributed by atoms with van der Waals surface area (Å²) in [7, 11) is 0. The van der Waals surface area contributed by atoms with E-state index in [1.807, 2.05) is 13.0 Å². The van der Waals surface area contributed by atoms with E-state index in [0.29, 0.717) is 0 Å². The van der Waals surface area contributed by atoms with E-state index < -0.39 is 0 Å². The van der Waals surface area contributed by atoms with Gasteiger partial charge in [0.25, 0.3) is 0 Å². The van der Waals surface area contributed by atoms with Crippen LogP contribution in [0.5, 0.6) is 0 Å². The van der Waals surface area contributed by atoms with E-state index in [1.54, 1.807) is 0 Å². The lowest BCUT2D eigenvalue weighted by molar-refractivity contribution is 0.0529. The summed E-state index contributed by atoms with van der Waals surface area (Å²) in [6.45, 7) is 9.69. The van der Waals surface area contributed by atoms with Crippen LogP contribution in [0.2, 0.25) is 0 Å². The van der Waals surface area contributed by atoms with Gasteiger partial charge in [0.05, 0.1) is 12.7 Å². The lowest BCUT2D eigenvalue weighted by Crippen LogP contribution is -2.41. The molecule has 0 aromatic carbocycles. The highest BCUT2D eigenvalue weighted by atomic mass is 16.5. The van der Waals surface area contributed by atoms with Gasteiger partial charge in [-0.2, -0.15) is 4.98 Å². The van der Waals surface area contributed by atoms with Crippen molar-refractivity contribution in [1.29, 1.82) is 0 Å². The molecule has 1 N–H and O–H groups in total. The highest BCUT2D eigenvalue weighted by Gasteiger charge is 2.18. The first kappa shape index (κ1) is 13.1. The number of ether oxygens (including phenoxy) is 1. The molecule has 1 saturated heterocycles. The molecule has 1 aromatic heterocycles. The van der Waals surface area contributed by atoms with Gasteiger partial charge in [-0.25, -0.2) is 4.98 Å². The second-order valence-electron chi connectivity index (χ2n) is 4.75. The second-order valence-corrected chi connectivity index (χ2v) is 4.75. The number of nitrogens with zero attached hydrogens (tertiary/aromatic N) is 3. The average Bonchev–Trinajstić information content (AvgIpc) is 2.36. The standard InChI is InChI=1S/C13H22N4O/c1-4-5-14-13-15-10(2)8-12(16-13)17-6-7-18-11(3)9-17/h8,11H,4-7,9H2,1-3H3,(H,14,15,16). The number of aryl methyl sites for hydroxylation is 1. The lowest BCUT2D eigenvalue weighted by Gasteiger charge is -2.32. The van der Waals surface area contributed by atoms with E-state index in [1.165, 1.54) is 0 Å². The normalized spacial score (nSPS) is 19.9. The monoisotopic (exact) mass is 250 g/mol. The fourth-order valence-corrected chi connectivity index (χ4v) is 2.06. The fraction of sp³-hybridized carbons (Fsp3) is 0.692. The quantitative estimate of drug-likeness (QED) is 0.883. The third kappa shape index (κ3) is 3.32. The summed E-state index contributed by atoms with van der Waals surface area (Å²) in [6, 6.07) is 2.04. The Kier molecular flexibility index (Phi) is 4.36. The van der Waals surface area contributed by atoms with Gasteiger partial charge in [0, 0.05) is 31.4 Å². The van der Waals surface area contributed by atoms with Gasteiger partial charge < -0.3 is 15.0 Å². The van der Waals surface area contributed by atoms with Crippen LogP contribution in [0.25, 0.3) is 0 Å². The molecule has 0 saturated carbocycles. The van der Waals surface area contributed by atoms with Crippen molar-refractivity contribution in [2.24, 2.45) is 0 Å². The molecule has 0 spiro atoms. The molecule has 1 unspecified atom stereocenters. The first-order valence-corrected chi connectivity index (χ1v) is 6.65. The van der Waals surface area contributed by atoms with Gasteiger partial charge >= 0.3 is 0 Å². The summed E-state index contributed by atoms with van der Waals surface area (Å²) in [5.41, 5.74) is 0.998. The third-order valence-electron chi connectivity index (χ3n) is 2.94. The maximum Gasteiger partial charge on any atom is 0.224 e. The highest BCUT2D eigenvalue weighted by molar-refractivity contribution is 5.45. The largest absolute Gasteiger partial charge is 0.375 e. The number of anilines is 2. The van der Waals surface area contributed by atoms with E-state index in [-0.39, 0.29) is 6.10 Å². The van der Waals surface area contributed by atoms with Crippen LogP contribution in [-0.4, -0.2) is 42.3 Å². The molecule has 5 heteroatoms. The molecule has 100 valence electrons. The van der Waals surface area contributed by atoms with Crippen LogP contribution in [0, 0.1) is 6.92 Å². The predicted octanol–water partition coefficient (Wildman–Crippen LogP) is 1.83. The van der Waals surface area contributed by atoms with Crippen LogP contribution in [-0.2, 0) is 4.74 Å². The topological polar surface area (TPSA) is 50.3 Å². The molecule has 1 aliphatic rings. The van der Waals surface area contributed by atoms with E-state index in [2.05, 4.69) is 34.0 Å². The molecule has 2 rings (SSSR count). The van der Waals surface area contributed by atoms with Crippen molar-refractivity contribution < 1.29 is 4.74 Å². The maximum atomic E-state index is 5.55. The zero-order chi connectivity index (χ0) is 13.0. The SMILES string of the molecule is CCCNc1nc(C)cc(N2CCOC(C)C2)n1. The third-order valence-corrected chi connectivity index (χ3v) is 2.94. The number of aromatic nitrogens is 2. The van der Waals surface area contributed by atoms with Gasteiger partial charge in [0.2, 0.25) is 5.95 Å². The molecule has 0 radical (unpaired) electrons. The Morgan fingerprint density at radius 1 is 1.50 bits per heavy atom. The summed E-state index contributed by atoms with van der Waals surface area (Å²) in [5, 5.41) is 3.25. The van der Waals surface area contributed by atoms with Crippen molar-refractivity contribution in [3.8, 4) is 0 Å². The predicted molar refractivity (Wildman–Crippen MR) is 73.2 cm³/mol. The number of rotatable bonds is 4. The molecule has 1 aromatic rings. The van der Waals surface area contributed by atoms with E-state index in [0.717, 1.165) is 50.1 Å². The van der Waals surface area contributed by atoms with Crippen molar-refractivity contribution in [2.45, 2.75) is 33.3 Å². The van der Waals surface area contributed by atoms with E-state index in [4.69, 9.17) is 4.74 Å². The molecule has 5 nitrogen and oxygen atoms in total. The molecular formula is C13H22N4O. The lowest BCUT2D eigenvalue weighted by atomic mass is 10.3. The maximum absolute atomic E-state index is 5.55. The van der Waals surface area contributed by atoms with Crippen LogP contribution in [0.1, 0.15) is 26.0 Å². The van der Waals surface area contributed by atoms with Crippen molar-refractivity contribution in [3.05, 3.63) is 11.8 Å². The Balaban J connectivity index is 2.13. The van der Waals surface area contributed by atoms with Crippen molar-refractivity contribution in [2.75, 3.05) is 36.5 Å². The number of morpholine rings is 1. The van der Waals surface area contributed by atoms with Gasteiger partial charge in [0.15, 0.2) is 0 Å². The van der Waals surface area contributed by atoms with Crippen LogP contribution in [0.4, 0.5) is 11.8 Å². The van der Waals surface area contributed by atoms with Gasteiger partial charge in [-0.05, 0) is 20.3 Å². The smallest absolute Gasteiger partial charge is 0.224 e. The van der Waals surface area contributed by atoms with Gasteiger partial charge in [0.1, 0.15) is 5.82 Å². The average molecular weight is 250 g/mol. The molecule has 0 bridgehead atoms. The highest BCUT2D eigenvalue weighted by Crippen LogP contribution is 2.17. The van der Waals surface area contributed by atoms with Crippen molar-refractivity contribution >= 4 is 11.8 Å². The summed E-state index contributed by atoms with van der Waals surface area (Å²) >= 11 is 0. The Morgan fingerprint density at radius 3 is 3.06 bits per heavy atom. The fourth-order valence-electron chi connectivity index (χ4n) is 2.06. The van der Waals surface area contributed by atoms with Crippen LogP contribution in [0.3, 0.4) is 0 Å². The first-order valence-electron chi connectivity index (χ1n) is 6.65. The zero-order valence-corrected chi connectivity index (χ0v) is 11.4. The van der Waals surface area contributed by atoms with Gasteiger partial charge in [-0.1, -0.05) is 6.92 Å². The molecule has 0 amide bonds. The number of hydrogen-bond acceptors (Lipinski definition) is 5. The Morgan fingerprint density at radius 2 is 2.33 bits per heavy atom. The molecule has 1 fully saturated rings. The molecule has 1 atom stereocenters. The van der Waals surface area contributed by atoms with Crippen molar-refractivity contribution in [3.63, 3.8) is 0 Å². The molecule has 1 aliphatic heterocycles. The Labute approximate surface area is 109 Å². The van der Waals surface area contributed by atoms with Crippen molar-refractivity contribution in [1.82, 2.24) is 9.97 Å². The van der Waals surface area contributed by atoms with Gasteiger partial charge in [-0.3, -0.25) is 0 Å². The molecular weight excluding hydrogens is 228 g/mol. The second kappa shape index (κ2) is 6.00. The summed E-state index contributed by atoms with van der Waals surface area (Å²) in [6.07, 6.45) is 1.34. The van der Waals surface area contributed by atoms with E-state index >= 15 is 0 Å². The van der Waals surface area contributed by atoms with Crippen LogP contribution >= 0.6 is 0 Å². The molecule has 18 heavy (non-hydrogen) atoms. The zero-order valence-electron chi connectivity index (χ0n) is 11.4. The first-order chi connectivity index (χ1) is 8.69. The minimum atomic E-state index is 0.265. The number of nitrogens with one attached hydrogen (secondary N) is 1. The molecule has 0 aliphatic carbocycles.